The van der Waals surface area contributed by atoms with Crippen LogP contribution in [-0.2, 0) is 4.74 Å². The van der Waals surface area contributed by atoms with Gasteiger partial charge in [-0.1, -0.05) is 18.2 Å². The third-order valence-corrected chi connectivity index (χ3v) is 4.56. The van der Waals surface area contributed by atoms with Gasteiger partial charge in [0, 0.05) is 11.3 Å². The zero-order valence-electron chi connectivity index (χ0n) is 13.3. The zero-order valence-corrected chi connectivity index (χ0v) is 14.1. The maximum absolute atomic E-state index is 12.0. The van der Waals surface area contributed by atoms with E-state index in [9.17, 15) is 9.59 Å². The number of ether oxygens (including phenoxy) is 1. The number of esters is 1. The van der Waals surface area contributed by atoms with Crippen molar-refractivity contribution in [3.05, 3.63) is 63.6 Å². The van der Waals surface area contributed by atoms with Crippen LogP contribution < -0.4 is 0 Å². The number of nitrogens with one attached hydrogen (secondary N) is 1. The maximum Gasteiger partial charge on any atom is 0.338 e. The Morgan fingerprint density at radius 2 is 1.92 bits per heavy atom. The Balaban J connectivity index is 1.64. The van der Waals surface area contributed by atoms with E-state index in [2.05, 4.69) is 9.97 Å². The largest absolute Gasteiger partial charge is 0.454 e. The molecule has 0 aliphatic carbocycles. The van der Waals surface area contributed by atoms with E-state index in [0.29, 0.717) is 10.4 Å². The smallest absolute Gasteiger partial charge is 0.338 e. The molecule has 2 aromatic heterocycles. The molecule has 0 atom stereocenters. The molecule has 122 valence electrons. The van der Waals surface area contributed by atoms with E-state index in [1.807, 2.05) is 19.2 Å². The molecule has 0 bridgehead atoms. The molecule has 2 heterocycles. The average Bonchev–Trinajstić information content (AvgIpc) is 3.23. The summed E-state index contributed by atoms with van der Waals surface area (Å²) in [6.45, 7) is 3.64. The lowest BCUT2D eigenvalue weighted by Crippen LogP contribution is -2.13. The lowest BCUT2D eigenvalue weighted by molar-refractivity contribution is 0.0476. The number of Topliss-reactive ketones (excluding diaryl/α,β-unsaturated/α-hetero) is 1. The van der Waals surface area contributed by atoms with E-state index < -0.39 is 5.97 Å². The molecule has 1 N–H and O–H groups in total. The van der Waals surface area contributed by atoms with Gasteiger partial charge in [-0.15, -0.1) is 11.3 Å². The molecule has 0 saturated carbocycles. The number of ketones is 1. The maximum atomic E-state index is 12.0. The summed E-state index contributed by atoms with van der Waals surface area (Å²) >= 11 is 1.33. The number of carbonyl (C=O) groups is 2. The molecule has 3 rings (SSSR count). The standard InChI is InChI=1S/C18H16N2O3S/c1-11-12(2)20-17(19-11)13-5-7-14(8-6-13)18(22)23-10-15(21)16-4-3-9-24-16/h3-9H,10H2,1-2H3,(H,19,20). The van der Waals surface area contributed by atoms with E-state index >= 15 is 0 Å². The van der Waals surface area contributed by atoms with Gasteiger partial charge in [0.05, 0.1) is 16.1 Å². The Morgan fingerprint density at radius 1 is 1.17 bits per heavy atom. The van der Waals surface area contributed by atoms with Gasteiger partial charge in [-0.2, -0.15) is 0 Å². The molecule has 5 nitrogen and oxygen atoms in total. The molecule has 0 fully saturated rings. The monoisotopic (exact) mass is 340 g/mol. The number of aromatic amines is 1. The van der Waals surface area contributed by atoms with Gasteiger partial charge in [-0.05, 0) is 37.4 Å². The molecule has 0 unspecified atom stereocenters. The van der Waals surface area contributed by atoms with Crippen LogP contribution in [0, 0.1) is 13.8 Å². The first-order valence-electron chi connectivity index (χ1n) is 7.42. The van der Waals surface area contributed by atoms with Gasteiger partial charge in [0.1, 0.15) is 5.82 Å². The van der Waals surface area contributed by atoms with Gasteiger partial charge in [-0.25, -0.2) is 9.78 Å². The van der Waals surface area contributed by atoms with Gasteiger partial charge in [0.15, 0.2) is 6.61 Å². The van der Waals surface area contributed by atoms with Gasteiger partial charge >= 0.3 is 5.97 Å². The minimum Gasteiger partial charge on any atom is -0.454 e. The summed E-state index contributed by atoms with van der Waals surface area (Å²) in [6.07, 6.45) is 0. The van der Waals surface area contributed by atoms with Crippen LogP contribution in [0.25, 0.3) is 11.4 Å². The highest BCUT2D eigenvalue weighted by Gasteiger charge is 2.13. The quantitative estimate of drug-likeness (QED) is 0.566. The predicted molar refractivity (Wildman–Crippen MR) is 92.4 cm³/mol. The number of hydrogen-bond acceptors (Lipinski definition) is 5. The van der Waals surface area contributed by atoms with Crippen LogP contribution in [0.3, 0.4) is 0 Å². The Morgan fingerprint density at radius 3 is 2.50 bits per heavy atom. The molecule has 0 radical (unpaired) electrons. The van der Waals surface area contributed by atoms with Crippen LogP contribution in [0.15, 0.2) is 41.8 Å². The number of carbonyl (C=O) groups excluding carboxylic acids is 2. The molecule has 0 saturated heterocycles. The molecule has 0 spiro atoms. The lowest BCUT2D eigenvalue weighted by Gasteiger charge is -2.04. The molecule has 1 aromatic carbocycles. The Kier molecular flexibility index (Phi) is 4.57. The van der Waals surface area contributed by atoms with E-state index in [0.717, 1.165) is 22.8 Å². The van der Waals surface area contributed by atoms with Crippen molar-refractivity contribution in [3.63, 3.8) is 0 Å². The zero-order chi connectivity index (χ0) is 17.1. The molecule has 0 aliphatic rings. The first-order chi connectivity index (χ1) is 11.5. The van der Waals surface area contributed by atoms with Crippen molar-refractivity contribution >= 4 is 23.1 Å². The topological polar surface area (TPSA) is 72.0 Å². The summed E-state index contributed by atoms with van der Waals surface area (Å²) in [5.41, 5.74) is 3.25. The molecule has 0 amide bonds. The fraction of sp³-hybridized carbons (Fsp3) is 0.167. The minimum absolute atomic E-state index is 0.198. The summed E-state index contributed by atoms with van der Waals surface area (Å²) in [7, 11) is 0. The number of imidazole rings is 1. The van der Waals surface area contributed by atoms with Crippen molar-refractivity contribution in [2.75, 3.05) is 6.61 Å². The highest BCUT2D eigenvalue weighted by molar-refractivity contribution is 7.12. The van der Waals surface area contributed by atoms with Crippen LogP contribution in [0.5, 0.6) is 0 Å². The number of aromatic nitrogens is 2. The third-order valence-electron chi connectivity index (χ3n) is 3.65. The van der Waals surface area contributed by atoms with E-state index in [4.69, 9.17) is 4.74 Å². The Bertz CT molecular complexity index is 845. The van der Waals surface area contributed by atoms with Crippen LogP contribution in [0.1, 0.15) is 31.4 Å². The number of aryl methyl sites for hydroxylation is 2. The Labute approximate surface area is 143 Å². The van der Waals surface area contributed by atoms with Gasteiger partial charge in [0.2, 0.25) is 5.78 Å². The third kappa shape index (κ3) is 3.44. The first-order valence-corrected chi connectivity index (χ1v) is 8.30. The van der Waals surface area contributed by atoms with Crippen molar-refractivity contribution in [2.24, 2.45) is 0 Å². The second kappa shape index (κ2) is 6.80. The molecule has 3 aromatic rings. The van der Waals surface area contributed by atoms with Crippen molar-refractivity contribution in [1.82, 2.24) is 9.97 Å². The number of benzene rings is 1. The van der Waals surface area contributed by atoms with Crippen LogP contribution in [-0.4, -0.2) is 28.3 Å². The minimum atomic E-state index is -0.515. The van der Waals surface area contributed by atoms with Gasteiger partial charge in [-0.3, -0.25) is 4.79 Å². The SMILES string of the molecule is Cc1nc(-c2ccc(C(=O)OCC(=O)c3cccs3)cc2)[nH]c1C. The highest BCUT2D eigenvalue weighted by atomic mass is 32.1. The van der Waals surface area contributed by atoms with Crippen LogP contribution in [0.2, 0.25) is 0 Å². The summed E-state index contributed by atoms with van der Waals surface area (Å²) < 4.78 is 5.08. The van der Waals surface area contributed by atoms with E-state index in [-0.39, 0.29) is 12.4 Å². The molecular formula is C18H16N2O3S. The molecule has 6 heteroatoms. The van der Waals surface area contributed by atoms with Crippen molar-refractivity contribution in [2.45, 2.75) is 13.8 Å². The predicted octanol–water partition coefficient (Wildman–Crippen LogP) is 3.79. The number of thiophene rings is 1. The highest BCUT2D eigenvalue weighted by Crippen LogP contribution is 2.19. The van der Waals surface area contributed by atoms with Crippen LogP contribution >= 0.6 is 11.3 Å². The fourth-order valence-electron chi connectivity index (χ4n) is 2.17. The normalized spacial score (nSPS) is 10.6. The van der Waals surface area contributed by atoms with Crippen molar-refractivity contribution in [3.8, 4) is 11.4 Å². The average molecular weight is 340 g/mol. The second-order valence-corrected chi connectivity index (χ2v) is 6.30. The summed E-state index contributed by atoms with van der Waals surface area (Å²) in [5.74, 6) is 0.0487. The summed E-state index contributed by atoms with van der Waals surface area (Å²) in [6, 6.07) is 10.4. The molecule has 24 heavy (non-hydrogen) atoms. The summed E-state index contributed by atoms with van der Waals surface area (Å²) in [5, 5.41) is 1.81. The summed E-state index contributed by atoms with van der Waals surface area (Å²) in [4.78, 5) is 32.1. The van der Waals surface area contributed by atoms with Gasteiger partial charge in [0.25, 0.3) is 0 Å². The first kappa shape index (κ1) is 16.1. The van der Waals surface area contributed by atoms with Crippen LogP contribution in [0.4, 0.5) is 0 Å². The second-order valence-electron chi connectivity index (χ2n) is 5.35. The fourth-order valence-corrected chi connectivity index (χ4v) is 2.82. The lowest BCUT2D eigenvalue weighted by atomic mass is 10.1. The molecular weight excluding hydrogens is 324 g/mol. The van der Waals surface area contributed by atoms with Crippen molar-refractivity contribution < 1.29 is 14.3 Å². The molecule has 0 aliphatic heterocycles. The van der Waals surface area contributed by atoms with E-state index in [1.165, 1.54) is 11.3 Å². The number of hydrogen-bond donors (Lipinski definition) is 1. The Hall–Kier alpha value is -2.73. The van der Waals surface area contributed by atoms with Crippen molar-refractivity contribution in [1.29, 1.82) is 0 Å². The number of rotatable bonds is 5. The number of nitrogens with zero attached hydrogens (tertiary/aromatic N) is 1. The van der Waals surface area contributed by atoms with E-state index in [1.54, 1.807) is 36.4 Å². The van der Waals surface area contributed by atoms with Gasteiger partial charge < -0.3 is 9.72 Å². The number of H-pyrrole nitrogens is 1.